The molecule has 0 amide bonds. The van der Waals surface area contributed by atoms with E-state index in [2.05, 4.69) is 15.1 Å². The van der Waals surface area contributed by atoms with E-state index in [9.17, 15) is 4.39 Å². The van der Waals surface area contributed by atoms with Crippen molar-refractivity contribution in [2.24, 2.45) is 0 Å². The lowest BCUT2D eigenvalue weighted by Gasteiger charge is -2.19. The number of halogens is 1. The van der Waals surface area contributed by atoms with Crippen LogP contribution in [0.25, 0.3) is 11.0 Å². The lowest BCUT2D eigenvalue weighted by Crippen LogP contribution is -2.25. The summed E-state index contributed by atoms with van der Waals surface area (Å²) in [4.78, 5) is 10.4. The summed E-state index contributed by atoms with van der Waals surface area (Å²) < 4.78 is 20.6. The Bertz CT molecular complexity index is 823. The molecule has 1 N–H and O–H groups in total. The zero-order valence-electron chi connectivity index (χ0n) is 13.3. The molecule has 3 aromatic rings. The van der Waals surface area contributed by atoms with E-state index in [4.69, 9.17) is 9.84 Å². The second-order valence-electron chi connectivity index (χ2n) is 5.23. The summed E-state index contributed by atoms with van der Waals surface area (Å²) in [6.45, 7) is 1.20. The topological polar surface area (TPSA) is 76.3 Å². The quantitative estimate of drug-likeness (QED) is 0.707. The fraction of sp³-hybridized carbons (Fsp3) is 0.312. The number of ether oxygens (including phenoxy) is 1. The van der Waals surface area contributed by atoms with E-state index in [0.29, 0.717) is 31.2 Å². The van der Waals surface area contributed by atoms with E-state index in [1.807, 2.05) is 11.9 Å². The van der Waals surface area contributed by atoms with Gasteiger partial charge in [-0.05, 0) is 12.1 Å². The second-order valence-corrected chi connectivity index (χ2v) is 5.23. The Kier molecular flexibility index (Phi) is 4.85. The minimum absolute atomic E-state index is 0.0115. The van der Waals surface area contributed by atoms with Gasteiger partial charge in [-0.2, -0.15) is 5.10 Å². The van der Waals surface area contributed by atoms with Gasteiger partial charge in [0.25, 0.3) is 0 Å². The second kappa shape index (κ2) is 7.22. The number of aliphatic hydroxyl groups excluding tert-OH is 1. The molecule has 0 saturated carbocycles. The normalized spacial score (nSPS) is 11.0. The SMILES string of the molecule is CN(CCOc1ccccc1F)c1ncnc2c1cnn2CCO. The van der Waals surface area contributed by atoms with Gasteiger partial charge in [0.05, 0.1) is 31.3 Å². The zero-order chi connectivity index (χ0) is 16.9. The molecule has 0 saturated heterocycles. The van der Waals surface area contributed by atoms with Gasteiger partial charge in [-0.25, -0.2) is 19.0 Å². The minimum atomic E-state index is -0.380. The van der Waals surface area contributed by atoms with Crippen LogP contribution < -0.4 is 9.64 Å². The van der Waals surface area contributed by atoms with Crippen molar-refractivity contribution in [3.8, 4) is 5.75 Å². The smallest absolute Gasteiger partial charge is 0.165 e. The minimum Gasteiger partial charge on any atom is -0.489 e. The first-order valence-electron chi connectivity index (χ1n) is 7.56. The highest BCUT2D eigenvalue weighted by molar-refractivity contribution is 5.86. The van der Waals surface area contributed by atoms with Crippen LogP contribution in [0.3, 0.4) is 0 Å². The van der Waals surface area contributed by atoms with Crippen LogP contribution in [0.2, 0.25) is 0 Å². The standard InChI is InChI=1S/C16H18FN5O2/c1-21(7-9-24-14-5-3-2-4-13(14)17)15-12-10-20-22(6-8-23)16(12)19-11-18-15/h2-5,10-11,23H,6-9H2,1H3. The van der Waals surface area contributed by atoms with Crippen molar-refractivity contribution in [2.45, 2.75) is 6.54 Å². The maximum atomic E-state index is 13.5. The summed E-state index contributed by atoms with van der Waals surface area (Å²) in [7, 11) is 1.87. The molecule has 0 aliphatic carbocycles. The number of hydrogen-bond acceptors (Lipinski definition) is 6. The molecule has 24 heavy (non-hydrogen) atoms. The molecule has 7 nitrogen and oxygen atoms in total. The molecule has 0 fully saturated rings. The van der Waals surface area contributed by atoms with Crippen molar-refractivity contribution in [1.82, 2.24) is 19.7 Å². The lowest BCUT2D eigenvalue weighted by molar-refractivity contribution is 0.271. The number of hydrogen-bond donors (Lipinski definition) is 1. The molecular weight excluding hydrogens is 313 g/mol. The average molecular weight is 331 g/mol. The predicted octanol–water partition coefficient (Wildman–Crippen LogP) is 1.47. The Hall–Kier alpha value is -2.74. The Morgan fingerprint density at radius 2 is 2.12 bits per heavy atom. The zero-order valence-corrected chi connectivity index (χ0v) is 13.3. The van der Waals surface area contributed by atoms with Crippen LogP contribution in [-0.4, -0.2) is 51.7 Å². The monoisotopic (exact) mass is 331 g/mol. The molecular formula is C16H18FN5O2. The van der Waals surface area contributed by atoms with E-state index >= 15 is 0 Å². The maximum absolute atomic E-state index is 13.5. The number of likely N-dealkylation sites (N-methyl/N-ethyl adjacent to an activating group) is 1. The first kappa shape index (κ1) is 16.1. The molecule has 0 radical (unpaired) electrons. The van der Waals surface area contributed by atoms with Crippen molar-refractivity contribution in [2.75, 3.05) is 31.7 Å². The molecule has 8 heteroatoms. The van der Waals surface area contributed by atoms with Gasteiger partial charge in [-0.1, -0.05) is 12.1 Å². The summed E-state index contributed by atoms with van der Waals surface area (Å²) in [6, 6.07) is 6.31. The van der Waals surface area contributed by atoms with E-state index in [1.165, 1.54) is 12.4 Å². The third-order valence-corrected chi connectivity index (χ3v) is 3.61. The van der Waals surface area contributed by atoms with E-state index < -0.39 is 0 Å². The molecule has 0 aliphatic heterocycles. The highest BCUT2D eigenvalue weighted by Gasteiger charge is 2.13. The number of para-hydroxylation sites is 1. The maximum Gasteiger partial charge on any atom is 0.165 e. The van der Waals surface area contributed by atoms with Crippen LogP contribution in [0.1, 0.15) is 0 Å². The van der Waals surface area contributed by atoms with Gasteiger partial charge in [-0.15, -0.1) is 0 Å². The van der Waals surface area contributed by atoms with Crippen LogP contribution in [0.15, 0.2) is 36.8 Å². The number of aliphatic hydroxyl groups is 1. The number of rotatable bonds is 7. The summed E-state index contributed by atoms with van der Waals surface area (Å²) in [6.07, 6.45) is 3.13. The van der Waals surface area contributed by atoms with Crippen molar-refractivity contribution in [3.05, 3.63) is 42.6 Å². The van der Waals surface area contributed by atoms with Crippen molar-refractivity contribution in [3.63, 3.8) is 0 Å². The van der Waals surface area contributed by atoms with Crippen molar-refractivity contribution >= 4 is 16.9 Å². The molecule has 0 bridgehead atoms. The first-order chi connectivity index (χ1) is 11.7. The van der Waals surface area contributed by atoms with Crippen LogP contribution in [0.5, 0.6) is 5.75 Å². The highest BCUT2D eigenvalue weighted by Crippen LogP contribution is 2.21. The van der Waals surface area contributed by atoms with E-state index in [1.54, 1.807) is 29.1 Å². The molecule has 126 valence electrons. The van der Waals surface area contributed by atoms with Gasteiger partial charge in [0.15, 0.2) is 17.2 Å². The Morgan fingerprint density at radius 3 is 2.92 bits per heavy atom. The molecule has 0 aliphatic rings. The number of aromatic nitrogens is 4. The van der Waals surface area contributed by atoms with Crippen molar-refractivity contribution < 1.29 is 14.2 Å². The average Bonchev–Trinajstić information content (AvgIpc) is 3.00. The Labute approximate surface area is 138 Å². The molecule has 0 spiro atoms. The van der Waals surface area contributed by atoms with E-state index in [0.717, 1.165) is 5.39 Å². The first-order valence-corrected chi connectivity index (χ1v) is 7.56. The summed E-state index contributed by atoms with van der Waals surface area (Å²) in [5.41, 5.74) is 0.663. The third kappa shape index (κ3) is 3.28. The molecule has 0 unspecified atom stereocenters. The molecule has 2 heterocycles. The summed E-state index contributed by atoms with van der Waals surface area (Å²) in [5.74, 6) is 0.561. The van der Waals surface area contributed by atoms with Crippen LogP contribution in [0.4, 0.5) is 10.2 Å². The summed E-state index contributed by atoms with van der Waals surface area (Å²) in [5, 5.41) is 14.1. The largest absolute Gasteiger partial charge is 0.489 e. The number of fused-ring (bicyclic) bond motifs is 1. The van der Waals surface area contributed by atoms with Gasteiger partial charge in [-0.3, -0.25) is 0 Å². The van der Waals surface area contributed by atoms with Crippen LogP contribution in [0, 0.1) is 5.82 Å². The molecule has 3 rings (SSSR count). The van der Waals surface area contributed by atoms with E-state index in [-0.39, 0.29) is 18.2 Å². The molecule has 0 atom stereocenters. The number of anilines is 1. The number of benzene rings is 1. The van der Waals surface area contributed by atoms with Gasteiger partial charge in [0.2, 0.25) is 0 Å². The van der Waals surface area contributed by atoms with Gasteiger partial charge in [0, 0.05) is 7.05 Å². The van der Waals surface area contributed by atoms with Crippen molar-refractivity contribution in [1.29, 1.82) is 0 Å². The van der Waals surface area contributed by atoms with Gasteiger partial charge in [0.1, 0.15) is 18.8 Å². The molecule has 2 aromatic heterocycles. The lowest BCUT2D eigenvalue weighted by atomic mass is 10.3. The van der Waals surface area contributed by atoms with Gasteiger partial charge >= 0.3 is 0 Å². The number of nitrogens with zero attached hydrogens (tertiary/aromatic N) is 5. The predicted molar refractivity (Wildman–Crippen MR) is 87.6 cm³/mol. The molecule has 1 aromatic carbocycles. The Morgan fingerprint density at radius 1 is 1.29 bits per heavy atom. The fourth-order valence-corrected chi connectivity index (χ4v) is 2.40. The van der Waals surface area contributed by atoms with Crippen LogP contribution in [-0.2, 0) is 6.54 Å². The fourth-order valence-electron chi connectivity index (χ4n) is 2.40. The Balaban J connectivity index is 1.70. The van der Waals surface area contributed by atoms with Crippen LogP contribution >= 0.6 is 0 Å². The highest BCUT2D eigenvalue weighted by atomic mass is 19.1. The summed E-state index contributed by atoms with van der Waals surface area (Å²) >= 11 is 0. The van der Waals surface area contributed by atoms with Gasteiger partial charge < -0.3 is 14.7 Å². The third-order valence-electron chi connectivity index (χ3n) is 3.61.